The Morgan fingerprint density at radius 2 is 1.92 bits per heavy atom. The van der Waals surface area contributed by atoms with E-state index in [1.165, 1.54) is 4.90 Å². The second-order valence-electron chi connectivity index (χ2n) is 10.7. The lowest BCUT2D eigenvalue weighted by molar-refractivity contribution is -0.144. The first-order chi connectivity index (χ1) is 17.5. The maximum Gasteiger partial charge on any atom is 0.246 e. The van der Waals surface area contributed by atoms with Crippen molar-refractivity contribution in [1.29, 1.82) is 0 Å². The molecule has 10 heteroatoms. The Hall–Kier alpha value is -2.82. The number of nitrogens with one attached hydrogen (secondary N) is 2. The van der Waals surface area contributed by atoms with Crippen LogP contribution in [0.5, 0.6) is 0 Å². The first-order valence-corrected chi connectivity index (χ1v) is 13.6. The van der Waals surface area contributed by atoms with Crippen LogP contribution in [0.1, 0.15) is 57.7 Å². The molecular weight excluding hydrogens is 490 g/mol. The quantitative estimate of drug-likeness (QED) is 0.349. The number of aliphatic hydroxyl groups excluding tert-OH is 1. The van der Waals surface area contributed by atoms with Crippen LogP contribution < -0.4 is 16.4 Å². The number of carbonyl (C=O) groups excluding carboxylic acids is 3. The number of nitrogens with two attached hydrogens (primary N) is 1. The molecule has 0 saturated carbocycles. The SMILES string of the molecule is Cc1ncsc1-c1ccc(CNC(=O)C2C[C@@H](O)CN2C(=O)[C@@H](NC(=O)CCCCN)C(C)(C)C)cc1. The lowest BCUT2D eigenvalue weighted by Crippen LogP contribution is -2.57. The van der Waals surface area contributed by atoms with Gasteiger partial charge in [0.2, 0.25) is 17.7 Å². The van der Waals surface area contributed by atoms with Crippen molar-refractivity contribution in [2.45, 2.75) is 78.1 Å². The van der Waals surface area contributed by atoms with E-state index in [1.807, 2.05) is 57.5 Å². The van der Waals surface area contributed by atoms with Crippen molar-refractivity contribution in [3.63, 3.8) is 0 Å². The van der Waals surface area contributed by atoms with Gasteiger partial charge in [-0.2, -0.15) is 0 Å². The van der Waals surface area contributed by atoms with Crippen LogP contribution in [0.25, 0.3) is 10.4 Å². The number of hydrogen-bond donors (Lipinski definition) is 4. The van der Waals surface area contributed by atoms with Crippen LogP contribution in [0, 0.1) is 12.3 Å². The van der Waals surface area contributed by atoms with E-state index in [-0.39, 0.29) is 37.1 Å². The highest BCUT2D eigenvalue weighted by Crippen LogP contribution is 2.28. The minimum Gasteiger partial charge on any atom is -0.391 e. The third-order valence-electron chi connectivity index (χ3n) is 6.57. The van der Waals surface area contributed by atoms with Crippen LogP contribution in [0.15, 0.2) is 29.8 Å². The fourth-order valence-corrected chi connectivity index (χ4v) is 5.26. The third kappa shape index (κ3) is 7.59. The number of unbranched alkanes of at least 4 members (excludes halogenated alkanes) is 1. The third-order valence-corrected chi connectivity index (χ3v) is 7.55. The Balaban J connectivity index is 1.65. The fourth-order valence-electron chi connectivity index (χ4n) is 4.44. The van der Waals surface area contributed by atoms with E-state index in [2.05, 4.69) is 15.6 Å². The van der Waals surface area contributed by atoms with Gasteiger partial charge in [0.25, 0.3) is 0 Å². The Labute approximate surface area is 222 Å². The van der Waals surface area contributed by atoms with Gasteiger partial charge in [0.15, 0.2) is 0 Å². The number of aliphatic hydroxyl groups is 1. The van der Waals surface area contributed by atoms with E-state index in [9.17, 15) is 19.5 Å². The molecule has 1 aliphatic rings. The van der Waals surface area contributed by atoms with Crippen LogP contribution in [-0.2, 0) is 20.9 Å². The molecule has 5 N–H and O–H groups in total. The summed E-state index contributed by atoms with van der Waals surface area (Å²) in [5, 5.41) is 16.1. The predicted octanol–water partition coefficient (Wildman–Crippen LogP) is 2.36. The van der Waals surface area contributed by atoms with Crippen molar-refractivity contribution in [3.05, 3.63) is 41.0 Å². The molecule has 3 rings (SSSR count). The van der Waals surface area contributed by atoms with Gasteiger partial charge in [0.05, 0.1) is 22.2 Å². The summed E-state index contributed by atoms with van der Waals surface area (Å²) in [5.41, 5.74) is 9.73. The van der Waals surface area contributed by atoms with E-state index in [4.69, 9.17) is 5.73 Å². The molecule has 3 amide bonds. The van der Waals surface area contributed by atoms with Gasteiger partial charge < -0.3 is 26.4 Å². The largest absolute Gasteiger partial charge is 0.391 e. The van der Waals surface area contributed by atoms with Crippen molar-refractivity contribution >= 4 is 29.1 Å². The summed E-state index contributed by atoms with van der Waals surface area (Å²) in [6.45, 7) is 8.44. The molecule has 1 unspecified atom stereocenters. The Morgan fingerprint density at radius 3 is 2.51 bits per heavy atom. The van der Waals surface area contributed by atoms with Crippen molar-refractivity contribution in [2.24, 2.45) is 11.1 Å². The molecule has 1 aliphatic heterocycles. The van der Waals surface area contributed by atoms with E-state index in [1.54, 1.807) is 11.3 Å². The van der Waals surface area contributed by atoms with Gasteiger partial charge in [0, 0.05) is 25.9 Å². The number of likely N-dealkylation sites (tertiary alicyclic amines) is 1. The smallest absolute Gasteiger partial charge is 0.246 e. The van der Waals surface area contributed by atoms with Crippen molar-refractivity contribution < 1.29 is 19.5 Å². The summed E-state index contributed by atoms with van der Waals surface area (Å²) in [4.78, 5) is 46.0. The van der Waals surface area contributed by atoms with E-state index in [0.29, 0.717) is 19.5 Å². The number of nitrogens with zero attached hydrogens (tertiary/aromatic N) is 2. The normalized spacial score (nSPS) is 18.5. The first kappa shape index (κ1) is 28.7. The standard InChI is InChI=1S/C27H39N5O4S/c1-17-23(37-16-30-17)19-10-8-18(9-11-19)14-29-25(35)21-13-20(33)15-32(21)26(36)24(27(2,3)4)31-22(34)7-5-6-12-28/h8-11,16,20-21,24,33H,5-7,12-15,28H2,1-4H3,(H,29,35)(H,31,34)/t20-,21?,24-/m1/s1. The first-order valence-electron chi connectivity index (χ1n) is 12.8. The zero-order valence-corrected chi connectivity index (χ0v) is 22.9. The lowest BCUT2D eigenvalue weighted by atomic mass is 9.85. The zero-order valence-electron chi connectivity index (χ0n) is 22.1. The molecule has 0 bridgehead atoms. The Bertz CT molecular complexity index is 1080. The summed E-state index contributed by atoms with van der Waals surface area (Å²) in [6, 6.07) is 6.29. The van der Waals surface area contributed by atoms with Gasteiger partial charge in [-0.05, 0) is 42.9 Å². The van der Waals surface area contributed by atoms with Crippen molar-refractivity contribution in [2.75, 3.05) is 13.1 Å². The van der Waals surface area contributed by atoms with E-state index in [0.717, 1.165) is 28.1 Å². The van der Waals surface area contributed by atoms with Crippen LogP contribution >= 0.6 is 11.3 Å². The summed E-state index contributed by atoms with van der Waals surface area (Å²) in [5.74, 6) is -0.908. The monoisotopic (exact) mass is 529 g/mol. The second kappa shape index (κ2) is 12.6. The molecule has 0 spiro atoms. The highest BCUT2D eigenvalue weighted by Gasteiger charge is 2.44. The summed E-state index contributed by atoms with van der Waals surface area (Å²) < 4.78 is 0. The second-order valence-corrected chi connectivity index (χ2v) is 11.5. The molecule has 1 aromatic heterocycles. The number of thiazole rings is 1. The van der Waals surface area contributed by atoms with Gasteiger partial charge in [-0.15, -0.1) is 11.3 Å². The minimum absolute atomic E-state index is 0.0510. The summed E-state index contributed by atoms with van der Waals surface area (Å²) in [6.07, 6.45) is 1.01. The van der Waals surface area contributed by atoms with Gasteiger partial charge in [-0.1, -0.05) is 45.0 Å². The highest BCUT2D eigenvalue weighted by molar-refractivity contribution is 7.13. The van der Waals surface area contributed by atoms with Crippen LogP contribution in [-0.4, -0.2) is 64.0 Å². The molecule has 2 aromatic rings. The molecule has 2 heterocycles. The average molecular weight is 530 g/mol. The molecule has 37 heavy (non-hydrogen) atoms. The van der Waals surface area contributed by atoms with Gasteiger partial charge in [0.1, 0.15) is 12.1 Å². The molecule has 1 fully saturated rings. The lowest BCUT2D eigenvalue weighted by Gasteiger charge is -2.35. The zero-order chi connectivity index (χ0) is 27.2. The Morgan fingerprint density at radius 1 is 1.22 bits per heavy atom. The molecule has 0 radical (unpaired) electrons. The van der Waals surface area contributed by atoms with Crippen molar-refractivity contribution in [1.82, 2.24) is 20.5 Å². The number of rotatable bonds is 10. The fraction of sp³-hybridized carbons (Fsp3) is 0.556. The van der Waals surface area contributed by atoms with Crippen LogP contribution in [0.4, 0.5) is 0 Å². The number of hydrogen-bond acceptors (Lipinski definition) is 7. The number of aryl methyl sites for hydroxylation is 1. The maximum absolute atomic E-state index is 13.6. The molecule has 1 saturated heterocycles. The molecule has 202 valence electrons. The topological polar surface area (TPSA) is 138 Å². The molecule has 0 aliphatic carbocycles. The summed E-state index contributed by atoms with van der Waals surface area (Å²) in [7, 11) is 0. The molecular formula is C27H39N5O4S. The predicted molar refractivity (Wildman–Crippen MR) is 145 cm³/mol. The average Bonchev–Trinajstić information content (AvgIpc) is 3.46. The number of aromatic nitrogens is 1. The minimum atomic E-state index is -0.818. The van der Waals surface area contributed by atoms with Crippen LogP contribution in [0.2, 0.25) is 0 Å². The molecule has 9 nitrogen and oxygen atoms in total. The van der Waals surface area contributed by atoms with Gasteiger partial charge >= 0.3 is 0 Å². The van der Waals surface area contributed by atoms with Gasteiger partial charge in [-0.3, -0.25) is 14.4 Å². The number of benzene rings is 1. The highest BCUT2D eigenvalue weighted by atomic mass is 32.1. The summed E-state index contributed by atoms with van der Waals surface area (Å²) >= 11 is 1.59. The van der Waals surface area contributed by atoms with Crippen LogP contribution in [0.3, 0.4) is 0 Å². The molecule has 1 aromatic carbocycles. The number of β-amino-alcohol motifs (C(OH)–C–C–N with tert-alkyl or cyclic N) is 1. The van der Waals surface area contributed by atoms with Crippen molar-refractivity contribution in [3.8, 4) is 10.4 Å². The molecule has 3 atom stereocenters. The Kier molecular flexibility index (Phi) is 9.80. The maximum atomic E-state index is 13.6. The van der Waals surface area contributed by atoms with E-state index >= 15 is 0 Å². The number of carbonyl (C=O) groups is 3. The van der Waals surface area contributed by atoms with E-state index < -0.39 is 23.6 Å². The van der Waals surface area contributed by atoms with Gasteiger partial charge in [-0.25, -0.2) is 4.98 Å². The number of amides is 3.